The Kier molecular flexibility index (Phi) is 5.23. The Morgan fingerprint density at radius 1 is 1.12 bits per heavy atom. The number of hydrogen-bond acceptors (Lipinski definition) is 3. The second-order valence-electron chi connectivity index (χ2n) is 7.55. The van der Waals surface area contributed by atoms with E-state index in [-0.39, 0.29) is 23.9 Å². The number of phenols is 2. The molecule has 0 spiro atoms. The molecule has 0 unspecified atom stereocenters. The van der Waals surface area contributed by atoms with E-state index in [1.807, 2.05) is 6.07 Å². The number of halogens is 1. The van der Waals surface area contributed by atoms with Crippen LogP contribution in [-0.2, 0) is 6.42 Å². The van der Waals surface area contributed by atoms with E-state index in [2.05, 4.69) is 37.8 Å². The summed E-state index contributed by atoms with van der Waals surface area (Å²) in [5.74, 6) is 0.00529. The molecule has 2 aromatic rings. The van der Waals surface area contributed by atoms with Crippen molar-refractivity contribution < 1.29 is 10.2 Å². The van der Waals surface area contributed by atoms with Crippen molar-refractivity contribution in [1.29, 1.82) is 0 Å². The van der Waals surface area contributed by atoms with Crippen molar-refractivity contribution in [2.45, 2.75) is 58.5 Å². The molecule has 1 aliphatic heterocycles. The van der Waals surface area contributed by atoms with Crippen LogP contribution < -0.4 is 0 Å². The highest BCUT2D eigenvalue weighted by Crippen LogP contribution is 2.55. The topological polar surface area (TPSA) is 43.7 Å². The smallest absolute Gasteiger partial charge is 0.165 e. The molecule has 140 valence electrons. The third kappa shape index (κ3) is 2.69. The van der Waals surface area contributed by atoms with Gasteiger partial charge in [-0.1, -0.05) is 44.0 Å². The van der Waals surface area contributed by atoms with Crippen LogP contribution in [0.2, 0.25) is 0 Å². The maximum Gasteiger partial charge on any atom is 0.165 e. The van der Waals surface area contributed by atoms with Gasteiger partial charge >= 0.3 is 0 Å². The molecule has 26 heavy (non-hydrogen) atoms. The van der Waals surface area contributed by atoms with E-state index in [1.165, 1.54) is 29.5 Å². The monoisotopic (exact) mass is 373 g/mol. The molecule has 2 N–H and O–H groups in total. The minimum atomic E-state index is -0.0269. The van der Waals surface area contributed by atoms with Gasteiger partial charge in [0.1, 0.15) is 0 Å². The summed E-state index contributed by atoms with van der Waals surface area (Å²) >= 11 is 0. The zero-order valence-corrected chi connectivity index (χ0v) is 16.6. The van der Waals surface area contributed by atoms with Gasteiger partial charge in [-0.2, -0.15) is 0 Å². The van der Waals surface area contributed by atoms with Crippen LogP contribution in [0.15, 0.2) is 24.3 Å². The van der Waals surface area contributed by atoms with Gasteiger partial charge in [0.2, 0.25) is 0 Å². The number of phenolic OH excluding ortho intramolecular Hbond substituents is 2. The van der Waals surface area contributed by atoms with Crippen LogP contribution in [0.5, 0.6) is 11.5 Å². The fourth-order valence-corrected chi connectivity index (χ4v) is 4.93. The van der Waals surface area contributed by atoms with Crippen molar-refractivity contribution in [3.8, 4) is 22.6 Å². The number of nitrogens with zero attached hydrogens (tertiary/aromatic N) is 1. The highest BCUT2D eigenvalue weighted by atomic mass is 35.5. The number of fused-ring (bicyclic) bond motifs is 2. The van der Waals surface area contributed by atoms with Crippen LogP contribution in [0, 0.1) is 6.92 Å². The highest BCUT2D eigenvalue weighted by Gasteiger charge is 2.42. The number of aromatic hydroxyl groups is 2. The molecule has 0 radical (unpaired) electrons. The molecule has 2 atom stereocenters. The maximum absolute atomic E-state index is 10.6. The molecular weight excluding hydrogens is 346 g/mol. The second-order valence-corrected chi connectivity index (χ2v) is 7.55. The molecule has 0 aromatic heterocycles. The van der Waals surface area contributed by atoms with Crippen molar-refractivity contribution in [3.05, 3.63) is 46.5 Å². The molecule has 0 bridgehead atoms. The molecule has 1 aliphatic carbocycles. The van der Waals surface area contributed by atoms with Crippen LogP contribution in [0.3, 0.4) is 0 Å². The molecule has 4 heteroatoms. The van der Waals surface area contributed by atoms with E-state index < -0.39 is 0 Å². The molecule has 1 heterocycles. The Labute approximate surface area is 162 Å². The molecular formula is C22H28ClNO2. The van der Waals surface area contributed by atoms with Crippen LogP contribution in [0.1, 0.15) is 67.4 Å². The van der Waals surface area contributed by atoms with Gasteiger partial charge in [0.25, 0.3) is 0 Å². The predicted molar refractivity (Wildman–Crippen MR) is 108 cm³/mol. The summed E-state index contributed by atoms with van der Waals surface area (Å²) in [6.07, 6.45) is 4.39. The first-order valence-corrected chi connectivity index (χ1v) is 9.51. The first-order valence-electron chi connectivity index (χ1n) is 9.51. The highest BCUT2D eigenvalue weighted by molar-refractivity contribution is 5.85. The zero-order chi connectivity index (χ0) is 17.7. The quantitative estimate of drug-likeness (QED) is 0.679. The van der Waals surface area contributed by atoms with Crippen molar-refractivity contribution in [3.63, 3.8) is 0 Å². The van der Waals surface area contributed by atoms with E-state index in [0.717, 1.165) is 36.1 Å². The summed E-state index contributed by atoms with van der Waals surface area (Å²) in [6.45, 7) is 7.73. The second kappa shape index (κ2) is 7.13. The molecule has 2 aliphatic rings. The predicted octanol–water partition coefficient (Wildman–Crippen LogP) is 5.66. The molecule has 0 fully saturated rings. The van der Waals surface area contributed by atoms with E-state index in [0.29, 0.717) is 12.1 Å². The van der Waals surface area contributed by atoms with Crippen molar-refractivity contribution >= 4 is 12.4 Å². The van der Waals surface area contributed by atoms with Crippen molar-refractivity contribution in [1.82, 2.24) is 4.90 Å². The lowest BCUT2D eigenvalue weighted by Gasteiger charge is -2.33. The number of benzene rings is 2. The average Bonchev–Trinajstić information content (AvgIpc) is 2.86. The fourth-order valence-electron chi connectivity index (χ4n) is 4.93. The number of aryl methyl sites for hydroxylation is 1. The number of hydrogen-bond donors (Lipinski definition) is 2. The largest absolute Gasteiger partial charge is 0.504 e. The zero-order valence-electron chi connectivity index (χ0n) is 15.7. The number of rotatable bonds is 4. The normalized spacial score (nSPS) is 20.4. The first kappa shape index (κ1) is 19.1. The van der Waals surface area contributed by atoms with Gasteiger partial charge < -0.3 is 10.2 Å². The molecule has 2 aromatic carbocycles. The summed E-state index contributed by atoms with van der Waals surface area (Å²) in [4.78, 5) is 2.67. The fraction of sp³-hybridized carbons (Fsp3) is 0.455. The minimum Gasteiger partial charge on any atom is -0.504 e. The van der Waals surface area contributed by atoms with Gasteiger partial charge in [0.15, 0.2) is 11.5 Å². The van der Waals surface area contributed by atoms with E-state index >= 15 is 0 Å². The Balaban J connectivity index is 0.00000196. The summed E-state index contributed by atoms with van der Waals surface area (Å²) in [7, 11) is 0. The van der Waals surface area contributed by atoms with E-state index in [1.54, 1.807) is 6.07 Å². The van der Waals surface area contributed by atoms with E-state index in [9.17, 15) is 10.2 Å². The average molecular weight is 374 g/mol. The van der Waals surface area contributed by atoms with Crippen LogP contribution >= 0.6 is 12.4 Å². The molecule has 4 rings (SSSR count). The van der Waals surface area contributed by atoms with Crippen molar-refractivity contribution in [2.75, 3.05) is 6.54 Å². The molecule has 0 saturated carbocycles. The first-order chi connectivity index (χ1) is 12.1. The Bertz CT molecular complexity index is 833. The van der Waals surface area contributed by atoms with Gasteiger partial charge in [0.05, 0.1) is 0 Å². The lowest BCUT2D eigenvalue weighted by atomic mass is 9.80. The van der Waals surface area contributed by atoms with Crippen LogP contribution in [0.4, 0.5) is 0 Å². The Morgan fingerprint density at radius 2 is 1.88 bits per heavy atom. The third-order valence-electron chi connectivity index (χ3n) is 5.82. The summed E-state index contributed by atoms with van der Waals surface area (Å²) in [6, 6.07) is 8.98. The lowest BCUT2D eigenvalue weighted by Crippen LogP contribution is -2.29. The maximum atomic E-state index is 10.6. The standard InChI is InChI=1S/C22H27NO2.ClH/c1-4-6-17-15-10-13(3)11-16-20-14(7-8-19(24)22(20)25)12-18(21(15)16)23(17)9-5-2;/h7-8,10-11,17-18,24-25H,4-6,9,12H2,1-3H3;1H/t17-,18+;/m0./s1. The van der Waals surface area contributed by atoms with Crippen molar-refractivity contribution in [2.24, 2.45) is 0 Å². The van der Waals surface area contributed by atoms with E-state index in [4.69, 9.17) is 0 Å². The molecule has 0 saturated heterocycles. The minimum absolute atomic E-state index is 0. The Hall–Kier alpha value is -1.71. The Morgan fingerprint density at radius 3 is 2.58 bits per heavy atom. The third-order valence-corrected chi connectivity index (χ3v) is 5.82. The molecule has 0 amide bonds. The summed E-state index contributed by atoms with van der Waals surface area (Å²) < 4.78 is 0. The molecule has 3 nitrogen and oxygen atoms in total. The van der Waals surface area contributed by atoms with Crippen LogP contribution in [0.25, 0.3) is 11.1 Å². The van der Waals surface area contributed by atoms with Gasteiger partial charge in [-0.3, -0.25) is 4.90 Å². The van der Waals surface area contributed by atoms with Crippen LogP contribution in [-0.4, -0.2) is 21.7 Å². The SMILES string of the molecule is CCC[C@H]1c2cc(C)cc3c2[C@@H](Cc2ccc(O)c(O)c2-3)N1CCC.Cl. The lowest BCUT2D eigenvalue weighted by molar-refractivity contribution is 0.151. The van der Waals surface area contributed by atoms with Gasteiger partial charge in [-0.25, -0.2) is 0 Å². The van der Waals surface area contributed by atoms with Gasteiger partial charge in [-0.05, 0) is 61.1 Å². The van der Waals surface area contributed by atoms with Gasteiger partial charge in [-0.15, -0.1) is 12.4 Å². The summed E-state index contributed by atoms with van der Waals surface area (Å²) in [5.41, 5.74) is 7.14. The summed E-state index contributed by atoms with van der Waals surface area (Å²) in [5, 5.41) is 20.6. The van der Waals surface area contributed by atoms with Gasteiger partial charge in [0, 0.05) is 17.6 Å².